The van der Waals surface area contributed by atoms with Gasteiger partial charge < -0.3 is 10.5 Å². The molecule has 1 aromatic carbocycles. The van der Waals surface area contributed by atoms with Crippen LogP contribution in [0.5, 0.6) is 5.75 Å². The van der Waals surface area contributed by atoms with E-state index in [1.54, 1.807) is 11.3 Å². The second kappa shape index (κ2) is 4.13. The molecule has 0 aliphatic carbocycles. The quantitative estimate of drug-likeness (QED) is 0.886. The van der Waals surface area contributed by atoms with E-state index in [1.165, 1.54) is 5.56 Å². The molecule has 2 heterocycles. The molecule has 88 valence electrons. The van der Waals surface area contributed by atoms with Gasteiger partial charge in [-0.25, -0.2) is 4.98 Å². The number of nitrogens with zero attached hydrogens (tertiary/aromatic N) is 1. The highest BCUT2D eigenvalue weighted by Crippen LogP contribution is 2.31. The fraction of sp³-hybridized carbons (Fsp3) is 0.308. The Labute approximate surface area is 104 Å². The number of ether oxygens (including phenoxy) is 1. The second-order valence-corrected chi connectivity index (χ2v) is 5.17. The molecule has 0 spiro atoms. The van der Waals surface area contributed by atoms with Crippen LogP contribution in [0.4, 0.5) is 0 Å². The van der Waals surface area contributed by atoms with E-state index >= 15 is 0 Å². The summed E-state index contributed by atoms with van der Waals surface area (Å²) < 4.78 is 5.49. The third-order valence-corrected chi connectivity index (χ3v) is 3.94. The molecule has 3 rings (SSSR count). The lowest BCUT2D eigenvalue weighted by atomic mass is 10.1. The second-order valence-electron chi connectivity index (χ2n) is 4.28. The number of benzene rings is 1. The van der Waals surface area contributed by atoms with Crippen molar-refractivity contribution in [1.29, 1.82) is 0 Å². The van der Waals surface area contributed by atoms with Gasteiger partial charge >= 0.3 is 0 Å². The molecule has 0 radical (unpaired) electrons. The van der Waals surface area contributed by atoms with Crippen LogP contribution in [0.2, 0.25) is 0 Å². The molecular weight excluding hydrogens is 232 g/mol. The number of thiazole rings is 1. The van der Waals surface area contributed by atoms with Crippen molar-refractivity contribution in [2.24, 2.45) is 5.73 Å². The molecular formula is C13H14N2OS. The third kappa shape index (κ3) is 1.94. The Hall–Kier alpha value is -1.39. The topological polar surface area (TPSA) is 48.1 Å². The van der Waals surface area contributed by atoms with Crippen LogP contribution in [0.1, 0.15) is 23.5 Å². The van der Waals surface area contributed by atoms with Crippen molar-refractivity contribution in [2.75, 3.05) is 6.61 Å². The summed E-state index contributed by atoms with van der Waals surface area (Å²) in [6, 6.07) is 6.27. The molecule has 1 aliphatic rings. The first-order valence-corrected chi connectivity index (χ1v) is 6.59. The first-order valence-electron chi connectivity index (χ1n) is 5.71. The summed E-state index contributed by atoms with van der Waals surface area (Å²) in [5, 5.41) is 3.05. The number of nitrogens with two attached hydrogens (primary N) is 1. The standard InChI is InChI=1S/C13H14N2OS/c1-8(14)13-15-11(7-17-13)9-2-3-12-10(6-9)4-5-16-12/h2-3,6-8H,4-5,14H2,1H3. The monoisotopic (exact) mass is 246 g/mol. The Balaban J connectivity index is 1.97. The highest BCUT2D eigenvalue weighted by Gasteiger charge is 2.14. The summed E-state index contributed by atoms with van der Waals surface area (Å²) in [6.07, 6.45) is 0.994. The molecule has 1 aromatic heterocycles. The Bertz CT molecular complexity index is 548. The average Bonchev–Trinajstić information content (AvgIpc) is 2.97. The van der Waals surface area contributed by atoms with Crippen LogP contribution < -0.4 is 10.5 Å². The van der Waals surface area contributed by atoms with Gasteiger partial charge in [0.2, 0.25) is 0 Å². The zero-order chi connectivity index (χ0) is 11.8. The van der Waals surface area contributed by atoms with Gasteiger partial charge in [0.1, 0.15) is 10.8 Å². The van der Waals surface area contributed by atoms with Crippen molar-refractivity contribution in [3.8, 4) is 17.0 Å². The lowest BCUT2D eigenvalue weighted by Crippen LogP contribution is -2.03. The Kier molecular flexibility index (Phi) is 2.61. The van der Waals surface area contributed by atoms with Crippen LogP contribution in [0.3, 0.4) is 0 Å². The van der Waals surface area contributed by atoms with Crippen molar-refractivity contribution >= 4 is 11.3 Å². The molecule has 2 aromatic rings. The molecule has 1 atom stereocenters. The minimum absolute atomic E-state index is 0.00603. The zero-order valence-corrected chi connectivity index (χ0v) is 10.5. The summed E-state index contributed by atoms with van der Waals surface area (Å²) in [4.78, 5) is 4.56. The summed E-state index contributed by atoms with van der Waals surface area (Å²) in [5.41, 5.74) is 9.26. The van der Waals surface area contributed by atoms with E-state index in [9.17, 15) is 0 Å². The van der Waals surface area contributed by atoms with Gasteiger partial charge in [0, 0.05) is 17.4 Å². The maximum atomic E-state index is 5.82. The van der Waals surface area contributed by atoms with Crippen LogP contribution >= 0.6 is 11.3 Å². The SMILES string of the molecule is CC(N)c1nc(-c2ccc3c(c2)CCO3)cs1. The molecule has 2 N–H and O–H groups in total. The number of hydrogen-bond acceptors (Lipinski definition) is 4. The van der Waals surface area contributed by atoms with Crippen molar-refractivity contribution in [3.05, 3.63) is 34.2 Å². The Morgan fingerprint density at radius 3 is 3.12 bits per heavy atom. The fourth-order valence-electron chi connectivity index (χ4n) is 1.98. The smallest absolute Gasteiger partial charge is 0.122 e. The molecule has 0 bridgehead atoms. The van der Waals surface area contributed by atoms with Crippen LogP contribution in [-0.4, -0.2) is 11.6 Å². The zero-order valence-electron chi connectivity index (χ0n) is 9.64. The largest absolute Gasteiger partial charge is 0.493 e. The lowest BCUT2D eigenvalue weighted by molar-refractivity contribution is 0.357. The molecule has 3 nitrogen and oxygen atoms in total. The van der Waals surface area contributed by atoms with Crippen molar-refractivity contribution in [3.63, 3.8) is 0 Å². The maximum absolute atomic E-state index is 5.82. The molecule has 0 fully saturated rings. The van der Waals surface area contributed by atoms with E-state index in [4.69, 9.17) is 10.5 Å². The van der Waals surface area contributed by atoms with Crippen molar-refractivity contribution in [2.45, 2.75) is 19.4 Å². The average molecular weight is 246 g/mol. The van der Waals surface area contributed by atoms with Gasteiger partial charge in [0.15, 0.2) is 0 Å². The van der Waals surface area contributed by atoms with Crippen LogP contribution in [0.15, 0.2) is 23.6 Å². The van der Waals surface area contributed by atoms with Crippen LogP contribution in [0, 0.1) is 0 Å². The van der Waals surface area contributed by atoms with E-state index in [0.717, 1.165) is 35.0 Å². The maximum Gasteiger partial charge on any atom is 0.122 e. The van der Waals surface area contributed by atoms with Gasteiger partial charge in [0.25, 0.3) is 0 Å². The lowest BCUT2D eigenvalue weighted by Gasteiger charge is -2.01. The molecule has 1 unspecified atom stereocenters. The number of rotatable bonds is 2. The summed E-state index contributed by atoms with van der Waals surface area (Å²) >= 11 is 1.62. The number of hydrogen-bond donors (Lipinski definition) is 1. The van der Waals surface area contributed by atoms with E-state index < -0.39 is 0 Å². The Morgan fingerprint density at radius 1 is 1.47 bits per heavy atom. The summed E-state index contributed by atoms with van der Waals surface area (Å²) in [7, 11) is 0. The van der Waals surface area contributed by atoms with Gasteiger partial charge in [-0.15, -0.1) is 11.3 Å². The van der Waals surface area contributed by atoms with Crippen LogP contribution in [-0.2, 0) is 6.42 Å². The number of aromatic nitrogens is 1. The molecule has 17 heavy (non-hydrogen) atoms. The van der Waals surface area contributed by atoms with E-state index in [1.807, 2.05) is 13.0 Å². The summed E-state index contributed by atoms with van der Waals surface area (Å²) in [5.74, 6) is 1.01. The first-order chi connectivity index (χ1) is 8.24. The van der Waals surface area contributed by atoms with Crippen molar-refractivity contribution in [1.82, 2.24) is 4.98 Å². The first kappa shape index (κ1) is 10.7. The highest BCUT2D eigenvalue weighted by atomic mass is 32.1. The minimum Gasteiger partial charge on any atom is -0.493 e. The van der Waals surface area contributed by atoms with E-state index in [0.29, 0.717) is 0 Å². The number of fused-ring (bicyclic) bond motifs is 1. The third-order valence-electron chi connectivity index (χ3n) is 2.90. The molecule has 0 saturated carbocycles. The minimum atomic E-state index is 0.00603. The Morgan fingerprint density at radius 2 is 2.35 bits per heavy atom. The van der Waals surface area contributed by atoms with E-state index in [-0.39, 0.29) is 6.04 Å². The molecule has 0 amide bonds. The van der Waals surface area contributed by atoms with E-state index in [2.05, 4.69) is 22.5 Å². The fourth-order valence-corrected chi connectivity index (χ4v) is 2.76. The van der Waals surface area contributed by atoms with Gasteiger partial charge in [-0.1, -0.05) is 0 Å². The van der Waals surface area contributed by atoms with Crippen molar-refractivity contribution < 1.29 is 4.74 Å². The van der Waals surface area contributed by atoms with Gasteiger partial charge in [-0.3, -0.25) is 0 Å². The van der Waals surface area contributed by atoms with Gasteiger partial charge in [-0.2, -0.15) is 0 Å². The predicted molar refractivity (Wildman–Crippen MR) is 69.4 cm³/mol. The van der Waals surface area contributed by atoms with Crippen LogP contribution in [0.25, 0.3) is 11.3 Å². The molecule has 0 saturated heterocycles. The molecule has 4 heteroatoms. The molecule has 1 aliphatic heterocycles. The highest BCUT2D eigenvalue weighted by molar-refractivity contribution is 7.10. The predicted octanol–water partition coefficient (Wildman–Crippen LogP) is 2.76. The normalized spacial score (nSPS) is 15.4. The summed E-state index contributed by atoms with van der Waals surface area (Å²) in [6.45, 7) is 2.75. The van der Waals surface area contributed by atoms with Gasteiger partial charge in [0.05, 0.1) is 18.3 Å². The van der Waals surface area contributed by atoms with Gasteiger partial charge in [-0.05, 0) is 30.7 Å².